The Labute approximate surface area is 95.8 Å². The molecular formula is C14H16O2. The molecule has 0 unspecified atom stereocenters. The van der Waals surface area contributed by atoms with E-state index >= 15 is 0 Å². The zero-order chi connectivity index (χ0) is 11.4. The molecule has 0 aromatic heterocycles. The van der Waals surface area contributed by atoms with Gasteiger partial charge in [0.1, 0.15) is 5.75 Å². The number of hydrogen-bond acceptors (Lipinski definition) is 2. The van der Waals surface area contributed by atoms with Gasteiger partial charge < -0.3 is 9.47 Å². The maximum Gasteiger partial charge on any atom is 0.188 e. The fourth-order valence-electron chi connectivity index (χ4n) is 1.92. The van der Waals surface area contributed by atoms with E-state index in [0.717, 1.165) is 12.2 Å². The second-order valence-corrected chi connectivity index (χ2v) is 3.68. The summed E-state index contributed by atoms with van der Waals surface area (Å²) in [6, 6.07) is 12.4. The maximum absolute atomic E-state index is 5.59. The molecule has 0 atom stereocenters. The van der Waals surface area contributed by atoms with Gasteiger partial charge in [-0.05, 0) is 23.4 Å². The van der Waals surface area contributed by atoms with Crippen LogP contribution in [0, 0.1) is 0 Å². The molecule has 0 bridgehead atoms. The molecule has 0 amide bonds. The Morgan fingerprint density at radius 2 is 1.81 bits per heavy atom. The van der Waals surface area contributed by atoms with E-state index in [9.17, 15) is 0 Å². The average Bonchev–Trinajstić information content (AvgIpc) is 2.35. The summed E-state index contributed by atoms with van der Waals surface area (Å²) in [6.07, 6.45) is 1.00. The molecule has 0 saturated heterocycles. The molecule has 2 heteroatoms. The number of rotatable bonds is 4. The number of ether oxygens (including phenoxy) is 2. The van der Waals surface area contributed by atoms with Crippen LogP contribution in [-0.2, 0) is 11.2 Å². The van der Waals surface area contributed by atoms with Crippen LogP contribution < -0.4 is 4.74 Å². The Morgan fingerprint density at radius 3 is 2.50 bits per heavy atom. The van der Waals surface area contributed by atoms with Crippen LogP contribution in [-0.4, -0.2) is 13.9 Å². The number of methoxy groups -OCH3 is 1. The van der Waals surface area contributed by atoms with Crippen molar-refractivity contribution >= 4 is 10.8 Å². The molecule has 0 aliphatic carbocycles. The Morgan fingerprint density at radius 1 is 1.06 bits per heavy atom. The number of benzene rings is 2. The molecule has 0 N–H and O–H groups in total. The van der Waals surface area contributed by atoms with Gasteiger partial charge in [-0.25, -0.2) is 0 Å². The topological polar surface area (TPSA) is 18.5 Å². The molecule has 2 aromatic rings. The van der Waals surface area contributed by atoms with Gasteiger partial charge in [-0.1, -0.05) is 37.3 Å². The first-order valence-electron chi connectivity index (χ1n) is 5.49. The predicted octanol–water partition coefficient (Wildman–Crippen LogP) is 3.38. The first-order chi connectivity index (χ1) is 7.86. The van der Waals surface area contributed by atoms with E-state index in [2.05, 4.69) is 31.2 Å². The SMILES string of the molecule is CCc1cccc2cccc(OCOC)c12. The average molecular weight is 216 g/mol. The lowest BCUT2D eigenvalue weighted by atomic mass is 10.0. The van der Waals surface area contributed by atoms with Crippen molar-refractivity contribution in [3.05, 3.63) is 42.0 Å². The minimum absolute atomic E-state index is 0.289. The monoisotopic (exact) mass is 216 g/mol. The molecule has 0 radical (unpaired) electrons. The molecule has 2 rings (SSSR count). The van der Waals surface area contributed by atoms with E-state index in [1.807, 2.05) is 12.1 Å². The highest BCUT2D eigenvalue weighted by molar-refractivity contribution is 5.91. The Kier molecular flexibility index (Phi) is 3.42. The summed E-state index contributed by atoms with van der Waals surface area (Å²) >= 11 is 0. The Hall–Kier alpha value is -1.54. The fraction of sp³-hybridized carbons (Fsp3) is 0.286. The van der Waals surface area contributed by atoms with Crippen molar-refractivity contribution in [3.63, 3.8) is 0 Å². The highest BCUT2D eigenvalue weighted by Gasteiger charge is 2.05. The van der Waals surface area contributed by atoms with Crippen LogP contribution in [0.4, 0.5) is 0 Å². The highest BCUT2D eigenvalue weighted by Crippen LogP contribution is 2.29. The Balaban J connectivity index is 2.54. The summed E-state index contributed by atoms with van der Waals surface area (Å²) in [4.78, 5) is 0. The number of fused-ring (bicyclic) bond motifs is 1. The third-order valence-electron chi connectivity index (χ3n) is 2.67. The summed E-state index contributed by atoms with van der Waals surface area (Å²) in [6.45, 7) is 2.44. The molecule has 0 saturated carbocycles. The van der Waals surface area contributed by atoms with E-state index in [1.54, 1.807) is 7.11 Å². The molecule has 0 spiro atoms. The van der Waals surface area contributed by atoms with Crippen molar-refractivity contribution in [2.75, 3.05) is 13.9 Å². The van der Waals surface area contributed by atoms with Crippen LogP contribution in [0.25, 0.3) is 10.8 Å². The summed E-state index contributed by atoms with van der Waals surface area (Å²) in [5, 5.41) is 2.41. The zero-order valence-corrected chi connectivity index (χ0v) is 9.69. The fourth-order valence-corrected chi connectivity index (χ4v) is 1.92. The van der Waals surface area contributed by atoms with E-state index in [0.29, 0.717) is 0 Å². The van der Waals surface area contributed by atoms with Gasteiger partial charge in [0.05, 0.1) is 0 Å². The predicted molar refractivity (Wildman–Crippen MR) is 65.8 cm³/mol. The normalized spacial score (nSPS) is 10.6. The van der Waals surface area contributed by atoms with Crippen molar-refractivity contribution in [1.29, 1.82) is 0 Å². The van der Waals surface area contributed by atoms with Crippen molar-refractivity contribution in [2.24, 2.45) is 0 Å². The molecule has 0 aliphatic rings. The first kappa shape index (κ1) is 11.0. The van der Waals surface area contributed by atoms with Crippen LogP contribution in [0.3, 0.4) is 0 Å². The molecule has 2 aromatic carbocycles. The van der Waals surface area contributed by atoms with Crippen LogP contribution in [0.1, 0.15) is 12.5 Å². The van der Waals surface area contributed by atoms with Gasteiger partial charge in [0, 0.05) is 12.5 Å². The van der Waals surface area contributed by atoms with Gasteiger partial charge >= 0.3 is 0 Å². The molecule has 2 nitrogen and oxygen atoms in total. The quantitative estimate of drug-likeness (QED) is 0.729. The van der Waals surface area contributed by atoms with Crippen LogP contribution in [0.2, 0.25) is 0 Å². The second kappa shape index (κ2) is 4.99. The molecule has 84 valence electrons. The molecule has 0 heterocycles. The molecule has 0 aliphatic heterocycles. The summed E-state index contributed by atoms with van der Waals surface area (Å²) in [7, 11) is 1.63. The minimum Gasteiger partial charge on any atom is -0.467 e. The maximum atomic E-state index is 5.59. The summed E-state index contributed by atoms with van der Waals surface area (Å²) in [5.74, 6) is 0.900. The summed E-state index contributed by atoms with van der Waals surface area (Å²) in [5.41, 5.74) is 1.31. The van der Waals surface area contributed by atoms with Crippen molar-refractivity contribution in [3.8, 4) is 5.75 Å². The van der Waals surface area contributed by atoms with Crippen LogP contribution in [0.15, 0.2) is 36.4 Å². The third-order valence-corrected chi connectivity index (χ3v) is 2.67. The van der Waals surface area contributed by atoms with Crippen LogP contribution >= 0.6 is 0 Å². The lowest BCUT2D eigenvalue weighted by molar-refractivity contribution is 0.0522. The number of hydrogen-bond donors (Lipinski definition) is 0. The van der Waals surface area contributed by atoms with Crippen LogP contribution in [0.5, 0.6) is 5.75 Å². The zero-order valence-electron chi connectivity index (χ0n) is 9.69. The van der Waals surface area contributed by atoms with Gasteiger partial charge in [0.25, 0.3) is 0 Å². The molecule has 0 fully saturated rings. The first-order valence-corrected chi connectivity index (χ1v) is 5.49. The van der Waals surface area contributed by atoms with Gasteiger partial charge in [0.15, 0.2) is 6.79 Å². The van der Waals surface area contributed by atoms with E-state index in [1.165, 1.54) is 16.3 Å². The standard InChI is InChI=1S/C14H16O2/c1-3-11-6-4-7-12-8-5-9-13(14(11)12)16-10-15-2/h4-9H,3,10H2,1-2H3. The third kappa shape index (κ3) is 2.02. The van der Waals surface area contributed by atoms with E-state index in [-0.39, 0.29) is 6.79 Å². The number of aryl methyl sites for hydroxylation is 1. The Bertz CT molecular complexity index is 472. The van der Waals surface area contributed by atoms with E-state index in [4.69, 9.17) is 9.47 Å². The van der Waals surface area contributed by atoms with Crippen molar-refractivity contribution in [1.82, 2.24) is 0 Å². The van der Waals surface area contributed by atoms with E-state index < -0.39 is 0 Å². The lowest BCUT2D eigenvalue weighted by Gasteiger charge is -2.11. The van der Waals surface area contributed by atoms with Gasteiger partial charge in [-0.2, -0.15) is 0 Å². The van der Waals surface area contributed by atoms with Gasteiger partial charge in [-0.15, -0.1) is 0 Å². The summed E-state index contributed by atoms with van der Waals surface area (Å²) < 4.78 is 10.5. The van der Waals surface area contributed by atoms with Crippen molar-refractivity contribution < 1.29 is 9.47 Å². The molecular weight excluding hydrogens is 200 g/mol. The van der Waals surface area contributed by atoms with Crippen molar-refractivity contribution in [2.45, 2.75) is 13.3 Å². The minimum atomic E-state index is 0.289. The largest absolute Gasteiger partial charge is 0.467 e. The smallest absolute Gasteiger partial charge is 0.188 e. The van der Waals surface area contributed by atoms with Gasteiger partial charge in [-0.3, -0.25) is 0 Å². The second-order valence-electron chi connectivity index (χ2n) is 3.68. The highest BCUT2D eigenvalue weighted by atomic mass is 16.7. The lowest BCUT2D eigenvalue weighted by Crippen LogP contribution is -2.00. The van der Waals surface area contributed by atoms with Gasteiger partial charge in [0.2, 0.25) is 0 Å². The molecule has 16 heavy (non-hydrogen) atoms.